The molecule has 3 heterocycles. The first-order valence-corrected chi connectivity index (χ1v) is 8.98. The summed E-state index contributed by atoms with van der Waals surface area (Å²) in [4.78, 5) is 2.40. The van der Waals surface area contributed by atoms with Crippen LogP contribution < -0.4 is 4.90 Å². The van der Waals surface area contributed by atoms with E-state index in [1.54, 1.807) is 4.68 Å². The van der Waals surface area contributed by atoms with Crippen molar-refractivity contribution in [1.29, 1.82) is 0 Å². The topological polar surface area (TPSA) is 64.1 Å². The fourth-order valence-corrected chi connectivity index (χ4v) is 3.41. The van der Waals surface area contributed by atoms with Crippen molar-refractivity contribution in [3.05, 3.63) is 53.2 Å². The van der Waals surface area contributed by atoms with E-state index in [9.17, 15) is 0 Å². The van der Waals surface area contributed by atoms with Gasteiger partial charge in [0.15, 0.2) is 11.6 Å². The third-order valence-corrected chi connectivity index (χ3v) is 4.74. The highest BCUT2D eigenvalue weighted by Crippen LogP contribution is 2.29. The van der Waals surface area contributed by atoms with Crippen molar-refractivity contribution in [2.45, 2.75) is 33.6 Å². The summed E-state index contributed by atoms with van der Waals surface area (Å²) in [5.41, 5.74) is 3.07. The number of aryl methyl sites for hydroxylation is 3. The quantitative estimate of drug-likeness (QED) is 0.680. The van der Waals surface area contributed by atoms with Crippen LogP contribution in [0.4, 0.5) is 5.82 Å². The van der Waals surface area contributed by atoms with Crippen molar-refractivity contribution in [1.82, 2.24) is 24.7 Å². The van der Waals surface area contributed by atoms with Crippen molar-refractivity contribution >= 4 is 12.0 Å². The van der Waals surface area contributed by atoms with Gasteiger partial charge in [-0.1, -0.05) is 18.2 Å². The summed E-state index contributed by atoms with van der Waals surface area (Å²) < 4.78 is 3.79. The van der Waals surface area contributed by atoms with Crippen LogP contribution in [-0.2, 0) is 0 Å². The Balaban J connectivity index is 1.82. The second-order valence-electron chi connectivity index (χ2n) is 6.61. The van der Waals surface area contributed by atoms with Crippen LogP contribution in [0.25, 0.3) is 5.69 Å². The number of benzene rings is 1. The molecule has 0 saturated carbocycles. The van der Waals surface area contributed by atoms with Crippen LogP contribution in [0.1, 0.15) is 35.7 Å². The monoisotopic (exact) mass is 349 g/mol. The number of aromatic nitrogens is 5. The van der Waals surface area contributed by atoms with Crippen LogP contribution >= 0.6 is 0 Å². The van der Waals surface area contributed by atoms with E-state index in [1.165, 1.54) is 12.8 Å². The smallest absolute Gasteiger partial charge is 0.151 e. The Labute approximate surface area is 153 Å². The molecule has 3 aromatic rings. The second-order valence-corrected chi connectivity index (χ2v) is 6.61. The Kier molecular flexibility index (Phi) is 4.28. The van der Waals surface area contributed by atoms with Gasteiger partial charge in [-0.3, -0.25) is 0 Å². The molecule has 1 saturated heterocycles. The molecule has 0 spiro atoms. The highest BCUT2D eigenvalue weighted by atomic mass is 15.4. The molecular weight excluding hydrogens is 326 g/mol. The van der Waals surface area contributed by atoms with Gasteiger partial charge >= 0.3 is 0 Å². The summed E-state index contributed by atoms with van der Waals surface area (Å²) in [6.45, 7) is 7.93. The summed E-state index contributed by atoms with van der Waals surface area (Å²) in [7, 11) is 0. The van der Waals surface area contributed by atoms with Crippen LogP contribution in [0.2, 0.25) is 0 Å². The summed E-state index contributed by atoms with van der Waals surface area (Å²) in [6, 6.07) is 10.3. The number of hydrogen-bond acceptors (Lipinski definition) is 5. The van der Waals surface area contributed by atoms with Gasteiger partial charge in [-0.25, -0.2) is 9.36 Å². The molecule has 0 radical (unpaired) electrons. The molecule has 0 N–H and O–H groups in total. The second kappa shape index (κ2) is 6.74. The van der Waals surface area contributed by atoms with Crippen molar-refractivity contribution in [2.24, 2.45) is 5.10 Å². The molecule has 1 fully saturated rings. The molecule has 7 nitrogen and oxygen atoms in total. The summed E-state index contributed by atoms with van der Waals surface area (Å²) in [5.74, 6) is 2.66. The maximum Gasteiger partial charge on any atom is 0.151 e. The first-order chi connectivity index (χ1) is 12.6. The zero-order valence-corrected chi connectivity index (χ0v) is 15.4. The molecule has 2 aromatic heterocycles. The minimum absolute atomic E-state index is 0.773. The molecule has 0 bridgehead atoms. The molecule has 1 aliphatic rings. The third-order valence-electron chi connectivity index (χ3n) is 4.74. The van der Waals surface area contributed by atoms with Crippen molar-refractivity contribution in [2.75, 3.05) is 18.0 Å². The Bertz CT molecular complexity index is 911. The fourth-order valence-electron chi connectivity index (χ4n) is 3.41. The van der Waals surface area contributed by atoms with Gasteiger partial charge in [-0.2, -0.15) is 10.2 Å². The molecular formula is C19H23N7. The molecule has 1 aliphatic heterocycles. The Hall–Kier alpha value is -2.96. The van der Waals surface area contributed by atoms with Crippen LogP contribution in [0.5, 0.6) is 0 Å². The van der Waals surface area contributed by atoms with Gasteiger partial charge in [0.2, 0.25) is 0 Å². The zero-order valence-electron chi connectivity index (χ0n) is 15.4. The fraction of sp³-hybridized carbons (Fsp3) is 0.368. The molecule has 0 unspecified atom stereocenters. The summed E-state index contributed by atoms with van der Waals surface area (Å²) >= 11 is 0. The lowest BCUT2D eigenvalue weighted by Crippen LogP contribution is -2.22. The summed E-state index contributed by atoms with van der Waals surface area (Å²) in [5, 5.41) is 17.6. The molecule has 0 atom stereocenters. The van der Waals surface area contributed by atoms with E-state index in [2.05, 4.69) is 32.3 Å². The van der Waals surface area contributed by atoms with E-state index in [-0.39, 0.29) is 0 Å². The highest BCUT2D eigenvalue weighted by Gasteiger charge is 2.23. The lowest BCUT2D eigenvalue weighted by atomic mass is 10.2. The number of hydrogen-bond donors (Lipinski definition) is 0. The molecule has 26 heavy (non-hydrogen) atoms. The van der Waals surface area contributed by atoms with E-state index in [1.807, 2.05) is 49.9 Å². The van der Waals surface area contributed by atoms with Gasteiger partial charge in [0, 0.05) is 13.1 Å². The van der Waals surface area contributed by atoms with E-state index < -0.39 is 0 Å². The standard InChI is InChI=1S/C19H23N7/c1-14-18(13-20-25-15(2)21-22-16(25)3)19(24-11-7-8-12-24)26(23-14)17-9-5-4-6-10-17/h4-6,9-10,13H,7-8,11-12H2,1-3H3/b20-13-. The van der Waals surface area contributed by atoms with E-state index in [0.717, 1.165) is 47.5 Å². The van der Waals surface area contributed by atoms with Gasteiger partial charge in [0.05, 0.1) is 23.2 Å². The molecule has 1 aromatic carbocycles. The summed E-state index contributed by atoms with van der Waals surface area (Å²) in [6.07, 6.45) is 4.30. The minimum Gasteiger partial charge on any atom is -0.356 e. The van der Waals surface area contributed by atoms with Crippen LogP contribution in [0.3, 0.4) is 0 Å². The average molecular weight is 349 g/mol. The molecule has 4 rings (SSSR count). The van der Waals surface area contributed by atoms with Crippen molar-refractivity contribution in [3.63, 3.8) is 0 Å². The normalized spacial score (nSPS) is 14.7. The molecule has 0 aliphatic carbocycles. The van der Waals surface area contributed by atoms with E-state index >= 15 is 0 Å². The third kappa shape index (κ3) is 2.89. The van der Waals surface area contributed by atoms with Crippen molar-refractivity contribution < 1.29 is 0 Å². The van der Waals surface area contributed by atoms with E-state index in [4.69, 9.17) is 5.10 Å². The average Bonchev–Trinajstić information content (AvgIpc) is 3.35. The van der Waals surface area contributed by atoms with Gasteiger partial charge in [0.1, 0.15) is 5.82 Å². The predicted molar refractivity (Wildman–Crippen MR) is 102 cm³/mol. The van der Waals surface area contributed by atoms with Crippen LogP contribution in [0.15, 0.2) is 35.4 Å². The Morgan fingerprint density at radius 3 is 2.27 bits per heavy atom. The highest BCUT2D eigenvalue weighted by molar-refractivity contribution is 5.89. The van der Waals surface area contributed by atoms with Gasteiger partial charge in [0.25, 0.3) is 0 Å². The zero-order chi connectivity index (χ0) is 18.1. The van der Waals surface area contributed by atoms with Crippen molar-refractivity contribution in [3.8, 4) is 5.69 Å². The number of anilines is 1. The van der Waals surface area contributed by atoms with Crippen LogP contribution in [-0.4, -0.2) is 44.0 Å². The predicted octanol–water partition coefficient (Wildman–Crippen LogP) is 2.87. The molecule has 7 heteroatoms. The first kappa shape index (κ1) is 16.5. The van der Waals surface area contributed by atoms with Gasteiger partial charge in [-0.05, 0) is 45.7 Å². The Morgan fingerprint density at radius 2 is 1.62 bits per heavy atom. The minimum atomic E-state index is 0.773. The maximum atomic E-state index is 4.81. The van der Waals surface area contributed by atoms with Crippen LogP contribution in [0, 0.1) is 20.8 Å². The lowest BCUT2D eigenvalue weighted by molar-refractivity contribution is 0.798. The van der Waals surface area contributed by atoms with Gasteiger partial charge < -0.3 is 4.90 Å². The first-order valence-electron chi connectivity index (χ1n) is 8.98. The lowest BCUT2D eigenvalue weighted by Gasteiger charge is -2.20. The number of para-hydroxylation sites is 1. The SMILES string of the molecule is Cc1nn(-c2ccccc2)c(N2CCCC2)c1/C=N\n1c(C)nnc1C. The largest absolute Gasteiger partial charge is 0.356 e. The molecule has 0 amide bonds. The van der Waals surface area contributed by atoms with E-state index in [0.29, 0.717) is 0 Å². The van der Waals surface area contributed by atoms with Gasteiger partial charge in [-0.15, -0.1) is 10.2 Å². The number of rotatable bonds is 4. The molecule has 134 valence electrons. The maximum absolute atomic E-state index is 4.81. The Morgan fingerprint density at radius 1 is 0.962 bits per heavy atom. The number of nitrogens with zero attached hydrogens (tertiary/aromatic N) is 7.